The predicted octanol–water partition coefficient (Wildman–Crippen LogP) is 7.02. The van der Waals surface area contributed by atoms with E-state index in [1.54, 1.807) is 12.1 Å². The van der Waals surface area contributed by atoms with Gasteiger partial charge in [-0.25, -0.2) is 4.39 Å². The van der Waals surface area contributed by atoms with Gasteiger partial charge in [-0.3, -0.25) is 4.98 Å². The van der Waals surface area contributed by atoms with E-state index >= 15 is 0 Å². The molecule has 0 bridgehead atoms. The minimum Gasteiger partial charge on any atom is -0.255 e. The van der Waals surface area contributed by atoms with Crippen molar-refractivity contribution in [3.63, 3.8) is 0 Å². The van der Waals surface area contributed by atoms with Crippen LogP contribution in [0, 0.1) is 29.5 Å². The van der Waals surface area contributed by atoms with E-state index in [9.17, 15) is 4.39 Å². The highest BCUT2D eigenvalue weighted by Crippen LogP contribution is 2.31. The molecule has 2 aromatic rings. The second-order valence-electron chi connectivity index (χ2n) is 7.78. The minimum atomic E-state index is -0.225. The number of hydrogen-bond acceptors (Lipinski definition) is 1. The van der Waals surface area contributed by atoms with Crippen LogP contribution in [0.3, 0.4) is 0 Å². The van der Waals surface area contributed by atoms with Crippen LogP contribution < -0.4 is 0 Å². The fraction of sp³-hybridized carbons (Fsp3) is 0.480. The molecule has 0 aliphatic heterocycles. The highest BCUT2D eigenvalue weighted by atomic mass is 19.1. The van der Waals surface area contributed by atoms with E-state index in [2.05, 4.69) is 23.7 Å². The Morgan fingerprint density at radius 2 is 1.74 bits per heavy atom. The quantitative estimate of drug-likeness (QED) is 0.397. The molecule has 1 aliphatic carbocycles. The van der Waals surface area contributed by atoms with E-state index in [1.807, 2.05) is 18.3 Å². The molecule has 27 heavy (non-hydrogen) atoms. The van der Waals surface area contributed by atoms with Gasteiger partial charge in [0.2, 0.25) is 0 Å². The zero-order valence-corrected chi connectivity index (χ0v) is 16.4. The summed E-state index contributed by atoms with van der Waals surface area (Å²) in [5, 5.41) is 0. The Labute approximate surface area is 163 Å². The molecule has 1 aliphatic rings. The van der Waals surface area contributed by atoms with Crippen molar-refractivity contribution in [1.82, 2.24) is 4.98 Å². The Bertz CT molecular complexity index is 744. The van der Waals surface area contributed by atoms with Gasteiger partial charge in [0.1, 0.15) is 5.82 Å². The van der Waals surface area contributed by atoms with Crippen molar-refractivity contribution in [1.29, 1.82) is 0 Å². The molecule has 0 saturated heterocycles. The van der Waals surface area contributed by atoms with E-state index in [0.717, 1.165) is 22.7 Å². The van der Waals surface area contributed by atoms with Gasteiger partial charge in [-0.15, -0.1) is 0 Å². The average Bonchev–Trinajstić information content (AvgIpc) is 2.72. The third-order valence-corrected chi connectivity index (χ3v) is 5.64. The first-order valence-corrected chi connectivity index (χ1v) is 10.5. The zero-order valence-electron chi connectivity index (χ0n) is 16.4. The van der Waals surface area contributed by atoms with Crippen molar-refractivity contribution in [2.24, 2.45) is 11.8 Å². The Morgan fingerprint density at radius 3 is 2.41 bits per heavy atom. The largest absolute Gasteiger partial charge is 0.255 e. The van der Waals surface area contributed by atoms with Gasteiger partial charge in [0.25, 0.3) is 0 Å². The maximum Gasteiger partial charge on any atom is 0.123 e. The maximum atomic E-state index is 13.0. The van der Waals surface area contributed by atoms with Crippen LogP contribution >= 0.6 is 0 Å². The summed E-state index contributed by atoms with van der Waals surface area (Å²) in [4.78, 5) is 4.48. The molecule has 1 aromatic carbocycles. The molecule has 0 radical (unpaired) electrons. The summed E-state index contributed by atoms with van der Waals surface area (Å²) in [5.74, 6) is 8.00. The first-order valence-electron chi connectivity index (χ1n) is 10.5. The molecule has 1 saturated carbocycles. The molecule has 0 N–H and O–H groups in total. The summed E-state index contributed by atoms with van der Waals surface area (Å²) in [6.07, 6.45) is 13.9. The summed E-state index contributed by atoms with van der Waals surface area (Å²) < 4.78 is 13.0. The molecule has 0 atom stereocenters. The first kappa shape index (κ1) is 19.6. The van der Waals surface area contributed by atoms with Crippen LogP contribution in [0.2, 0.25) is 0 Å². The number of hydrogen-bond donors (Lipinski definition) is 0. The molecule has 1 nitrogen and oxygen atoms in total. The molecule has 1 heterocycles. The number of pyridine rings is 1. The van der Waals surface area contributed by atoms with Gasteiger partial charge in [-0.05, 0) is 68.0 Å². The fourth-order valence-corrected chi connectivity index (χ4v) is 3.90. The fourth-order valence-electron chi connectivity index (χ4n) is 3.90. The monoisotopic (exact) mass is 363 g/mol. The molecule has 0 amide bonds. The van der Waals surface area contributed by atoms with E-state index in [0.29, 0.717) is 5.92 Å². The van der Waals surface area contributed by atoms with E-state index in [4.69, 9.17) is 0 Å². The minimum absolute atomic E-state index is 0.225. The third kappa shape index (κ3) is 6.21. The smallest absolute Gasteiger partial charge is 0.123 e. The maximum absolute atomic E-state index is 13.0. The summed E-state index contributed by atoms with van der Waals surface area (Å²) in [6.45, 7) is 2.27. The number of nitrogens with zero attached hydrogens (tertiary/aromatic N) is 1. The van der Waals surface area contributed by atoms with Crippen molar-refractivity contribution in [3.05, 3.63) is 54.0 Å². The molecule has 142 valence electrons. The third-order valence-electron chi connectivity index (χ3n) is 5.64. The number of rotatable bonds is 6. The van der Waals surface area contributed by atoms with Crippen LogP contribution in [0.15, 0.2) is 42.6 Å². The summed E-state index contributed by atoms with van der Waals surface area (Å²) in [6, 6.07) is 10.4. The standard InChI is InChI=1S/C25H30FN/c1-2-3-4-5-6-20-7-9-21(10-8-20)11-12-22-13-18-25(27-19-22)23-14-16-24(26)17-15-23/h13-21H,2-10H2,1H3. The lowest BCUT2D eigenvalue weighted by atomic mass is 9.80. The van der Waals surface area contributed by atoms with Crippen molar-refractivity contribution < 1.29 is 4.39 Å². The number of benzene rings is 1. The number of unbranched alkanes of at least 4 members (excludes halogenated alkanes) is 3. The van der Waals surface area contributed by atoms with Crippen LogP contribution in [0.5, 0.6) is 0 Å². The molecule has 0 spiro atoms. The van der Waals surface area contributed by atoms with Crippen LogP contribution in [-0.2, 0) is 0 Å². The van der Waals surface area contributed by atoms with Crippen LogP contribution in [0.25, 0.3) is 11.3 Å². The lowest BCUT2D eigenvalue weighted by Gasteiger charge is -2.25. The van der Waals surface area contributed by atoms with E-state index < -0.39 is 0 Å². The van der Waals surface area contributed by atoms with Gasteiger partial charge in [0.05, 0.1) is 5.69 Å². The number of aromatic nitrogens is 1. The predicted molar refractivity (Wildman–Crippen MR) is 111 cm³/mol. The zero-order chi connectivity index (χ0) is 18.9. The molecular formula is C25H30FN. The molecule has 3 rings (SSSR count). The Kier molecular flexibility index (Phi) is 7.45. The Hall–Kier alpha value is -2.14. The van der Waals surface area contributed by atoms with Gasteiger partial charge >= 0.3 is 0 Å². The molecule has 1 fully saturated rings. The van der Waals surface area contributed by atoms with Gasteiger partial charge in [-0.2, -0.15) is 0 Å². The van der Waals surface area contributed by atoms with Crippen molar-refractivity contribution in [2.75, 3.05) is 0 Å². The van der Waals surface area contributed by atoms with E-state index in [1.165, 1.54) is 69.9 Å². The van der Waals surface area contributed by atoms with Crippen LogP contribution in [0.1, 0.15) is 70.3 Å². The van der Waals surface area contributed by atoms with Gasteiger partial charge in [0.15, 0.2) is 0 Å². The topological polar surface area (TPSA) is 12.9 Å². The van der Waals surface area contributed by atoms with Gasteiger partial charge < -0.3 is 0 Å². The van der Waals surface area contributed by atoms with Crippen molar-refractivity contribution >= 4 is 0 Å². The Morgan fingerprint density at radius 1 is 0.963 bits per heavy atom. The van der Waals surface area contributed by atoms with Gasteiger partial charge in [-0.1, -0.05) is 50.9 Å². The average molecular weight is 364 g/mol. The second kappa shape index (κ2) is 10.3. The van der Waals surface area contributed by atoms with Gasteiger partial charge in [0, 0.05) is 23.2 Å². The van der Waals surface area contributed by atoms with Crippen molar-refractivity contribution in [2.45, 2.75) is 64.7 Å². The highest BCUT2D eigenvalue weighted by Gasteiger charge is 2.19. The summed E-state index contributed by atoms with van der Waals surface area (Å²) in [5.41, 5.74) is 2.74. The van der Waals surface area contributed by atoms with Crippen LogP contribution in [-0.4, -0.2) is 4.98 Å². The van der Waals surface area contributed by atoms with Crippen LogP contribution in [0.4, 0.5) is 4.39 Å². The molecule has 1 aromatic heterocycles. The highest BCUT2D eigenvalue weighted by molar-refractivity contribution is 5.59. The van der Waals surface area contributed by atoms with Crippen molar-refractivity contribution in [3.8, 4) is 23.1 Å². The normalized spacial score (nSPS) is 19.3. The number of halogens is 1. The molecule has 0 unspecified atom stereocenters. The lowest BCUT2D eigenvalue weighted by molar-refractivity contribution is 0.294. The second-order valence-corrected chi connectivity index (χ2v) is 7.78. The summed E-state index contributed by atoms with van der Waals surface area (Å²) >= 11 is 0. The lowest BCUT2D eigenvalue weighted by Crippen LogP contribution is -2.13. The molecular weight excluding hydrogens is 333 g/mol. The summed E-state index contributed by atoms with van der Waals surface area (Å²) in [7, 11) is 0. The first-order chi connectivity index (χ1) is 13.2. The Balaban J connectivity index is 1.48. The van der Waals surface area contributed by atoms with E-state index in [-0.39, 0.29) is 5.82 Å². The molecule has 2 heteroatoms. The SMILES string of the molecule is CCCCCCC1CCC(C#Cc2ccc(-c3ccc(F)cc3)nc2)CC1.